The van der Waals surface area contributed by atoms with Gasteiger partial charge in [0.05, 0.1) is 30.3 Å². The van der Waals surface area contributed by atoms with E-state index in [1.54, 1.807) is 24.4 Å². The second-order valence-corrected chi connectivity index (χ2v) is 9.69. The van der Waals surface area contributed by atoms with Gasteiger partial charge in [0.25, 0.3) is 0 Å². The maximum Gasteiger partial charge on any atom is 0.225 e. The molecule has 2 aliphatic rings. The molecule has 1 aliphatic carbocycles. The van der Waals surface area contributed by atoms with E-state index in [1.807, 2.05) is 25.3 Å². The van der Waals surface area contributed by atoms with Crippen molar-refractivity contribution in [2.75, 3.05) is 20.3 Å². The van der Waals surface area contributed by atoms with Crippen LogP contribution in [0.1, 0.15) is 50.9 Å². The number of carbonyl (C=O) groups excluding carboxylic acids is 2. The summed E-state index contributed by atoms with van der Waals surface area (Å²) in [5, 5.41) is 3.20. The Morgan fingerprint density at radius 1 is 1.34 bits per heavy atom. The molecule has 0 radical (unpaired) electrons. The molecule has 0 aromatic carbocycles. The molecule has 3 atom stereocenters. The molecule has 0 bridgehead atoms. The Kier molecular flexibility index (Phi) is 6.24. The Balaban J connectivity index is 1.52. The van der Waals surface area contributed by atoms with Crippen molar-refractivity contribution in [3.63, 3.8) is 0 Å². The highest BCUT2D eigenvalue weighted by molar-refractivity contribution is 5.89. The monoisotopic (exact) mass is 437 g/mol. The van der Waals surface area contributed by atoms with Crippen LogP contribution in [0.5, 0.6) is 0 Å². The van der Waals surface area contributed by atoms with Crippen LogP contribution < -0.4 is 5.32 Å². The first-order chi connectivity index (χ1) is 15.3. The summed E-state index contributed by atoms with van der Waals surface area (Å²) in [5.74, 6) is 0.229. The van der Waals surface area contributed by atoms with Gasteiger partial charge >= 0.3 is 0 Å². The van der Waals surface area contributed by atoms with Gasteiger partial charge in [0.2, 0.25) is 11.8 Å². The van der Waals surface area contributed by atoms with E-state index in [0.717, 1.165) is 29.7 Å². The molecule has 2 aromatic heterocycles. The highest BCUT2D eigenvalue weighted by Gasteiger charge is 2.39. The zero-order valence-electron chi connectivity index (χ0n) is 19.2. The van der Waals surface area contributed by atoms with Crippen LogP contribution in [0, 0.1) is 11.3 Å². The van der Waals surface area contributed by atoms with Crippen LogP contribution >= 0.6 is 0 Å². The van der Waals surface area contributed by atoms with E-state index >= 15 is 0 Å². The molecule has 1 aliphatic heterocycles. The molecule has 8 nitrogen and oxygen atoms in total. The highest BCUT2D eigenvalue weighted by Crippen LogP contribution is 2.40. The number of rotatable bonds is 6. The predicted molar refractivity (Wildman–Crippen MR) is 119 cm³/mol. The van der Waals surface area contributed by atoms with Gasteiger partial charge < -0.3 is 15.0 Å². The summed E-state index contributed by atoms with van der Waals surface area (Å²) in [5.41, 5.74) is 2.83. The molecule has 2 amide bonds. The molecule has 3 heterocycles. The fraction of sp³-hybridized carbons (Fsp3) is 0.542. The number of amides is 2. The average molecular weight is 438 g/mol. The average Bonchev–Trinajstić information content (AvgIpc) is 3.15. The quantitative estimate of drug-likeness (QED) is 0.746. The fourth-order valence-electron chi connectivity index (χ4n) is 4.77. The van der Waals surface area contributed by atoms with Crippen molar-refractivity contribution in [2.45, 2.75) is 52.1 Å². The number of carbonyl (C=O) groups is 2. The number of likely N-dealkylation sites (tertiary alicyclic amines) is 1. The van der Waals surface area contributed by atoms with E-state index in [9.17, 15) is 9.59 Å². The minimum Gasteiger partial charge on any atom is -0.383 e. The number of aromatic nitrogens is 3. The lowest BCUT2D eigenvalue weighted by Crippen LogP contribution is -2.41. The Morgan fingerprint density at radius 2 is 2.09 bits per heavy atom. The largest absolute Gasteiger partial charge is 0.383 e. The Labute approximate surface area is 188 Å². The molecule has 8 heteroatoms. The first-order valence-electron chi connectivity index (χ1n) is 11.1. The summed E-state index contributed by atoms with van der Waals surface area (Å²) in [7, 11) is 1.62. The number of nitrogens with one attached hydrogen (secondary N) is 1. The number of hydrogen-bond acceptors (Lipinski definition) is 6. The molecule has 32 heavy (non-hydrogen) atoms. The lowest BCUT2D eigenvalue weighted by molar-refractivity contribution is -0.131. The van der Waals surface area contributed by atoms with E-state index in [1.165, 1.54) is 0 Å². The molecular formula is C24H31N5O3. The molecular weight excluding hydrogens is 406 g/mol. The lowest BCUT2D eigenvalue weighted by atomic mass is 9.74. The second kappa shape index (κ2) is 8.94. The molecule has 0 spiro atoms. The molecule has 1 fully saturated rings. The summed E-state index contributed by atoms with van der Waals surface area (Å²) in [4.78, 5) is 40.8. The van der Waals surface area contributed by atoms with E-state index < -0.39 is 0 Å². The van der Waals surface area contributed by atoms with Crippen LogP contribution in [0.25, 0.3) is 11.4 Å². The van der Waals surface area contributed by atoms with Gasteiger partial charge in [-0.2, -0.15) is 0 Å². The van der Waals surface area contributed by atoms with Crippen molar-refractivity contribution in [2.24, 2.45) is 11.3 Å². The van der Waals surface area contributed by atoms with Gasteiger partial charge in [0.1, 0.15) is 0 Å². The standard InChI is InChI=1S/C24H31N5O3/c1-15(14-32-4)29-13-17(9-21(29)30)23(31)28-20-11-24(2,3)10-19-18(20)12-26-22(27-19)16-5-7-25-8-6-16/h5-8,12,15,17,20H,9-11,13-14H2,1-4H3,(H,28,31)/t15-,17+,20+/m0/s1. The Morgan fingerprint density at radius 3 is 2.81 bits per heavy atom. The summed E-state index contributed by atoms with van der Waals surface area (Å²) < 4.78 is 5.17. The first-order valence-corrected chi connectivity index (χ1v) is 11.1. The summed E-state index contributed by atoms with van der Waals surface area (Å²) in [6.45, 7) is 7.21. The number of ether oxygens (including phenoxy) is 1. The number of pyridine rings is 1. The maximum absolute atomic E-state index is 13.1. The zero-order valence-corrected chi connectivity index (χ0v) is 19.2. The van der Waals surface area contributed by atoms with Crippen LogP contribution in [0.3, 0.4) is 0 Å². The first kappa shape index (κ1) is 22.3. The normalized spacial score (nSPS) is 23.0. The number of fused-ring (bicyclic) bond motifs is 1. The highest BCUT2D eigenvalue weighted by atomic mass is 16.5. The van der Waals surface area contributed by atoms with Gasteiger partial charge in [-0.3, -0.25) is 14.6 Å². The lowest BCUT2D eigenvalue weighted by Gasteiger charge is -2.37. The molecule has 170 valence electrons. The number of methoxy groups -OCH3 is 1. The molecule has 0 unspecified atom stereocenters. The van der Waals surface area contributed by atoms with E-state index in [2.05, 4.69) is 29.1 Å². The zero-order chi connectivity index (χ0) is 22.9. The van der Waals surface area contributed by atoms with Crippen molar-refractivity contribution in [1.82, 2.24) is 25.2 Å². The summed E-state index contributed by atoms with van der Waals surface area (Å²) in [6.07, 6.45) is 7.15. The Bertz CT molecular complexity index is 994. The molecule has 4 rings (SSSR count). The van der Waals surface area contributed by atoms with Crippen molar-refractivity contribution < 1.29 is 14.3 Å². The number of hydrogen-bond donors (Lipinski definition) is 1. The second-order valence-electron chi connectivity index (χ2n) is 9.69. The van der Waals surface area contributed by atoms with Crippen LogP contribution in [0.15, 0.2) is 30.7 Å². The summed E-state index contributed by atoms with van der Waals surface area (Å²) >= 11 is 0. The maximum atomic E-state index is 13.1. The van der Waals surface area contributed by atoms with Gasteiger partial charge in [-0.15, -0.1) is 0 Å². The van der Waals surface area contributed by atoms with E-state index in [0.29, 0.717) is 19.0 Å². The summed E-state index contributed by atoms with van der Waals surface area (Å²) in [6, 6.07) is 3.57. The molecule has 0 saturated carbocycles. The van der Waals surface area contributed by atoms with Crippen LogP contribution in [-0.2, 0) is 20.7 Å². The van der Waals surface area contributed by atoms with Crippen molar-refractivity contribution in [3.05, 3.63) is 42.0 Å². The minimum absolute atomic E-state index is 0.00407. The topological polar surface area (TPSA) is 97.3 Å². The van der Waals surface area contributed by atoms with Crippen LogP contribution in [0.2, 0.25) is 0 Å². The predicted octanol–water partition coefficient (Wildman–Crippen LogP) is 2.55. The third-order valence-corrected chi connectivity index (χ3v) is 6.40. The fourth-order valence-corrected chi connectivity index (χ4v) is 4.77. The third-order valence-electron chi connectivity index (χ3n) is 6.40. The van der Waals surface area contributed by atoms with Crippen molar-refractivity contribution >= 4 is 11.8 Å². The van der Waals surface area contributed by atoms with E-state index in [4.69, 9.17) is 9.72 Å². The van der Waals surface area contributed by atoms with Crippen molar-refractivity contribution in [3.8, 4) is 11.4 Å². The van der Waals surface area contributed by atoms with Gasteiger partial charge in [-0.1, -0.05) is 13.8 Å². The molecule has 1 N–H and O–H groups in total. The van der Waals surface area contributed by atoms with Crippen LogP contribution in [-0.4, -0.2) is 58.0 Å². The molecule has 1 saturated heterocycles. The third kappa shape index (κ3) is 4.65. The van der Waals surface area contributed by atoms with Crippen molar-refractivity contribution in [1.29, 1.82) is 0 Å². The van der Waals surface area contributed by atoms with Gasteiger partial charge in [-0.05, 0) is 37.3 Å². The van der Waals surface area contributed by atoms with Crippen LogP contribution in [0.4, 0.5) is 0 Å². The minimum atomic E-state index is -0.354. The van der Waals surface area contributed by atoms with Gasteiger partial charge in [0, 0.05) is 49.8 Å². The van der Waals surface area contributed by atoms with E-state index in [-0.39, 0.29) is 41.7 Å². The molecule has 2 aromatic rings. The SMILES string of the molecule is COC[C@H](C)N1C[C@H](C(=O)N[C@@H]2CC(C)(C)Cc3nc(-c4ccncc4)ncc32)CC1=O. The Hall–Kier alpha value is -2.87. The van der Waals surface area contributed by atoms with Gasteiger partial charge in [-0.25, -0.2) is 9.97 Å². The smallest absolute Gasteiger partial charge is 0.225 e. The number of nitrogens with zero attached hydrogens (tertiary/aromatic N) is 4. The van der Waals surface area contributed by atoms with Gasteiger partial charge in [0.15, 0.2) is 5.82 Å².